The van der Waals surface area contributed by atoms with Gasteiger partial charge in [0.25, 0.3) is 0 Å². The van der Waals surface area contributed by atoms with Gasteiger partial charge in [0, 0.05) is 30.6 Å². The minimum absolute atomic E-state index is 0.00125. The van der Waals surface area contributed by atoms with E-state index in [1.54, 1.807) is 24.1 Å². The van der Waals surface area contributed by atoms with Crippen LogP contribution in [0, 0.1) is 0 Å². The highest BCUT2D eigenvalue weighted by molar-refractivity contribution is 5.94. The normalized spacial score (nSPS) is 10.3. The van der Waals surface area contributed by atoms with Gasteiger partial charge in [-0.3, -0.25) is 4.68 Å². The Hall–Kier alpha value is -2.37. The number of anilines is 1. The van der Waals surface area contributed by atoms with Gasteiger partial charge in [0.1, 0.15) is 11.4 Å². The second kappa shape index (κ2) is 3.65. The molecule has 0 aromatic carbocycles. The van der Waals surface area contributed by atoms with Crippen molar-refractivity contribution in [3.63, 3.8) is 0 Å². The molecular weight excluding hydrogens is 208 g/mol. The highest BCUT2D eigenvalue weighted by Gasteiger charge is 2.11. The third-order valence-corrected chi connectivity index (χ3v) is 2.19. The second-order valence-electron chi connectivity index (χ2n) is 3.36. The Balaban J connectivity index is 2.51. The van der Waals surface area contributed by atoms with Gasteiger partial charge >= 0.3 is 5.97 Å². The molecule has 0 saturated heterocycles. The van der Waals surface area contributed by atoms with Crippen LogP contribution >= 0.6 is 0 Å². The number of aromatic nitrogens is 3. The maximum absolute atomic E-state index is 10.9. The van der Waals surface area contributed by atoms with Crippen LogP contribution < -0.4 is 5.73 Å². The largest absolute Gasteiger partial charge is 0.478 e. The number of carboxylic acids is 1. The van der Waals surface area contributed by atoms with E-state index in [0.717, 1.165) is 5.56 Å². The van der Waals surface area contributed by atoms with Crippen LogP contribution in [0.25, 0.3) is 11.1 Å². The molecule has 2 aromatic heterocycles. The third kappa shape index (κ3) is 1.72. The van der Waals surface area contributed by atoms with E-state index in [2.05, 4.69) is 10.1 Å². The summed E-state index contributed by atoms with van der Waals surface area (Å²) in [5, 5.41) is 12.9. The topological polar surface area (TPSA) is 94.0 Å². The molecule has 0 radical (unpaired) electrons. The first-order valence-corrected chi connectivity index (χ1v) is 4.56. The van der Waals surface area contributed by atoms with Crippen LogP contribution in [-0.4, -0.2) is 25.8 Å². The molecule has 2 heterocycles. The molecule has 0 aliphatic rings. The Morgan fingerprint density at radius 2 is 2.19 bits per heavy atom. The van der Waals surface area contributed by atoms with E-state index in [4.69, 9.17) is 10.8 Å². The third-order valence-electron chi connectivity index (χ3n) is 2.19. The van der Waals surface area contributed by atoms with Gasteiger partial charge in [0.2, 0.25) is 0 Å². The minimum atomic E-state index is -1.09. The smallest absolute Gasteiger partial charge is 0.339 e. The number of hydrogen-bond donors (Lipinski definition) is 2. The van der Waals surface area contributed by atoms with Crippen molar-refractivity contribution in [2.24, 2.45) is 7.05 Å². The van der Waals surface area contributed by atoms with Gasteiger partial charge in [-0.15, -0.1) is 0 Å². The number of nitrogen functional groups attached to an aromatic ring is 1. The summed E-state index contributed by atoms with van der Waals surface area (Å²) in [7, 11) is 1.78. The quantitative estimate of drug-likeness (QED) is 0.776. The van der Waals surface area contributed by atoms with Crippen molar-refractivity contribution in [1.82, 2.24) is 14.8 Å². The molecule has 2 aromatic rings. The van der Waals surface area contributed by atoms with Gasteiger partial charge in [-0.2, -0.15) is 5.10 Å². The second-order valence-corrected chi connectivity index (χ2v) is 3.36. The van der Waals surface area contributed by atoms with Gasteiger partial charge < -0.3 is 10.8 Å². The van der Waals surface area contributed by atoms with Gasteiger partial charge in [0.05, 0.1) is 6.20 Å². The van der Waals surface area contributed by atoms with E-state index in [9.17, 15) is 4.79 Å². The van der Waals surface area contributed by atoms with Crippen molar-refractivity contribution in [3.05, 3.63) is 30.2 Å². The molecule has 3 N–H and O–H groups in total. The number of carbonyl (C=O) groups is 1. The average Bonchev–Trinajstić information content (AvgIpc) is 2.65. The van der Waals surface area contributed by atoms with Crippen LogP contribution in [0.2, 0.25) is 0 Å². The minimum Gasteiger partial charge on any atom is -0.478 e. The standard InChI is InChI=1S/C10H10N4O2/c1-14-5-7(4-13-14)6-2-8(10(15)16)9(11)12-3-6/h2-5H,1H3,(H2,11,12)(H,15,16). The number of pyridine rings is 1. The number of rotatable bonds is 2. The Morgan fingerprint density at radius 3 is 2.75 bits per heavy atom. The zero-order chi connectivity index (χ0) is 11.7. The summed E-state index contributed by atoms with van der Waals surface area (Å²) in [6, 6.07) is 1.49. The molecule has 16 heavy (non-hydrogen) atoms. The summed E-state index contributed by atoms with van der Waals surface area (Å²) < 4.78 is 1.63. The van der Waals surface area contributed by atoms with Crippen LogP contribution in [0.4, 0.5) is 5.82 Å². The van der Waals surface area contributed by atoms with Gasteiger partial charge in [0.15, 0.2) is 0 Å². The predicted molar refractivity (Wildman–Crippen MR) is 57.8 cm³/mol. The van der Waals surface area contributed by atoms with Crippen LogP contribution in [0.1, 0.15) is 10.4 Å². The highest BCUT2D eigenvalue weighted by atomic mass is 16.4. The summed E-state index contributed by atoms with van der Waals surface area (Å²) in [6.45, 7) is 0. The highest BCUT2D eigenvalue weighted by Crippen LogP contribution is 2.21. The van der Waals surface area contributed by atoms with Crippen molar-refractivity contribution in [3.8, 4) is 11.1 Å². The van der Waals surface area contributed by atoms with E-state index in [1.165, 1.54) is 12.3 Å². The van der Waals surface area contributed by atoms with E-state index >= 15 is 0 Å². The first-order valence-electron chi connectivity index (χ1n) is 4.56. The van der Waals surface area contributed by atoms with E-state index in [1.807, 2.05) is 0 Å². The molecule has 82 valence electrons. The lowest BCUT2D eigenvalue weighted by Gasteiger charge is -2.02. The average molecular weight is 218 g/mol. The van der Waals surface area contributed by atoms with Crippen LogP contribution in [0.5, 0.6) is 0 Å². The SMILES string of the molecule is Cn1cc(-c2cnc(N)c(C(=O)O)c2)cn1. The molecule has 6 heteroatoms. The monoisotopic (exact) mass is 218 g/mol. The molecule has 0 fully saturated rings. The number of aryl methyl sites for hydroxylation is 1. The van der Waals surface area contributed by atoms with Crippen LogP contribution in [0.3, 0.4) is 0 Å². The summed E-state index contributed by atoms with van der Waals surface area (Å²) >= 11 is 0. The lowest BCUT2D eigenvalue weighted by atomic mass is 10.1. The maximum atomic E-state index is 10.9. The van der Waals surface area contributed by atoms with E-state index in [0.29, 0.717) is 5.56 Å². The fourth-order valence-corrected chi connectivity index (χ4v) is 1.37. The lowest BCUT2D eigenvalue weighted by molar-refractivity contribution is 0.0698. The Labute approximate surface area is 91.3 Å². The fourth-order valence-electron chi connectivity index (χ4n) is 1.37. The van der Waals surface area contributed by atoms with Crippen molar-refractivity contribution in [1.29, 1.82) is 0 Å². The Kier molecular flexibility index (Phi) is 2.32. The molecule has 0 spiro atoms. The van der Waals surface area contributed by atoms with Crippen molar-refractivity contribution < 1.29 is 9.90 Å². The van der Waals surface area contributed by atoms with E-state index in [-0.39, 0.29) is 11.4 Å². The van der Waals surface area contributed by atoms with Gasteiger partial charge in [-0.25, -0.2) is 9.78 Å². The van der Waals surface area contributed by atoms with Crippen LogP contribution in [0.15, 0.2) is 24.7 Å². The van der Waals surface area contributed by atoms with Crippen molar-refractivity contribution in [2.75, 3.05) is 5.73 Å². The van der Waals surface area contributed by atoms with Gasteiger partial charge in [-0.05, 0) is 6.07 Å². The fraction of sp³-hybridized carbons (Fsp3) is 0.100. The Bertz CT molecular complexity index is 548. The molecular formula is C10H10N4O2. The molecule has 0 unspecified atom stereocenters. The predicted octanol–water partition coefficient (Wildman–Crippen LogP) is 0.762. The number of hydrogen-bond acceptors (Lipinski definition) is 4. The lowest BCUT2D eigenvalue weighted by Crippen LogP contribution is -2.04. The molecule has 2 rings (SSSR count). The zero-order valence-electron chi connectivity index (χ0n) is 8.58. The summed E-state index contributed by atoms with van der Waals surface area (Å²) in [5.74, 6) is -1.07. The molecule has 0 aliphatic carbocycles. The van der Waals surface area contributed by atoms with Crippen molar-refractivity contribution >= 4 is 11.8 Å². The summed E-state index contributed by atoms with van der Waals surface area (Å²) in [4.78, 5) is 14.7. The van der Waals surface area contributed by atoms with Gasteiger partial charge in [-0.1, -0.05) is 0 Å². The molecule has 6 nitrogen and oxygen atoms in total. The first-order chi connectivity index (χ1) is 7.58. The number of nitrogens with zero attached hydrogens (tertiary/aromatic N) is 3. The molecule has 0 atom stereocenters. The van der Waals surface area contributed by atoms with E-state index < -0.39 is 5.97 Å². The number of aromatic carboxylic acids is 1. The Morgan fingerprint density at radius 1 is 1.44 bits per heavy atom. The first kappa shape index (κ1) is 10.2. The number of nitrogens with two attached hydrogens (primary N) is 1. The maximum Gasteiger partial charge on any atom is 0.339 e. The molecule has 0 amide bonds. The molecule has 0 saturated carbocycles. The summed E-state index contributed by atoms with van der Waals surface area (Å²) in [6.07, 6.45) is 4.94. The summed E-state index contributed by atoms with van der Waals surface area (Å²) in [5.41, 5.74) is 6.95. The molecule has 0 bridgehead atoms. The molecule has 0 aliphatic heterocycles. The zero-order valence-corrected chi connectivity index (χ0v) is 8.58. The number of carboxylic acid groups (broad SMARTS) is 1. The van der Waals surface area contributed by atoms with Crippen molar-refractivity contribution in [2.45, 2.75) is 0 Å². The van der Waals surface area contributed by atoms with Crippen LogP contribution in [-0.2, 0) is 7.05 Å².